The van der Waals surface area contributed by atoms with Crippen LogP contribution in [0.1, 0.15) is 27.9 Å². The highest BCUT2D eigenvalue weighted by molar-refractivity contribution is 7.92. The molecule has 0 aromatic heterocycles. The number of carboxylic acids is 1. The Bertz CT molecular complexity index is 1050. The van der Waals surface area contributed by atoms with Gasteiger partial charge in [0.2, 0.25) is 0 Å². The zero-order valence-electron chi connectivity index (χ0n) is 14.1. The van der Waals surface area contributed by atoms with Crippen LogP contribution in [0.2, 0.25) is 5.02 Å². The zero-order chi connectivity index (χ0) is 19.2. The number of hydrogen-bond donors (Lipinski definition) is 2. The Morgan fingerprint density at radius 2 is 1.78 bits per heavy atom. The normalized spacial score (nSPS) is 15.3. The van der Waals surface area contributed by atoms with Gasteiger partial charge < -0.3 is 14.6 Å². The maximum Gasteiger partial charge on any atom is 0.335 e. The molecule has 0 fully saturated rings. The summed E-state index contributed by atoms with van der Waals surface area (Å²) in [4.78, 5) is 11.4. The first-order valence-electron chi connectivity index (χ1n) is 8.36. The number of sulfonamides is 1. The third-order valence-electron chi connectivity index (χ3n) is 4.59. The molecule has 2 aliphatic rings. The molecular weight excluding hydrogens is 394 g/mol. The van der Waals surface area contributed by atoms with Gasteiger partial charge in [0.25, 0.3) is 10.0 Å². The molecule has 0 saturated heterocycles. The summed E-state index contributed by atoms with van der Waals surface area (Å²) in [6.45, 7) is 0.748. The molecule has 0 spiro atoms. The molecule has 2 N–H and O–H groups in total. The first kappa shape index (κ1) is 17.9. The van der Waals surface area contributed by atoms with Gasteiger partial charge in [-0.05, 0) is 42.5 Å². The third kappa shape index (κ3) is 3.30. The second kappa shape index (κ2) is 6.61. The molecule has 2 aromatic rings. The van der Waals surface area contributed by atoms with E-state index in [9.17, 15) is 18.3 Å². The summed E-state index contributed by atoms with van der Waals surface area (Å²) >= 11 is 6.20. The molecule has 0 bridgehead atoms. The first-order valence-corrected chi connectivity index (χ1v) is 10.2. The van der Waals surface area contributed by atoms with Crippen LogP contribution in [0.15, 0.2) is 29.2 Å². The van der Waals surface area contributed by atoms with Crippen LogP contribution in [0.5, 0.6) is 11.5 Å². The number of aromatic carboxylic acids is 1. The Balaban J connectivity index is 1.76. The van der Waals surface area contributed by atoms with Gasteiger partial charge in [0, 0.05) is 12.1 Å². The maximum absolute atomic E-state index is 13.0. The van der Waals surface area contributed by atoms with E-state index in [2.05, 4.69) is 4.72 Å². The van der Waals surface area contributed by atoms with Crippen LogP contribution in [-0.2, 0) is 22.9 Å². The molecule has 7 nitrogen and oxygen atoms in total. The highest BCUT2D eigenvalue weighted by atomic mass is 35.5. The Labute approximate surface area is 160 Å². The second-order valence-corrected chi connectivity index (χ2v) is 8.41. The van der Waals surface area contributed by atoms with E-state index in [0.717, 1.165) is 12.0 Å². The molecule has 27 heavy (non-hydrogen) atoms. The van der Waals surface area contributed by atoms with Gasteiger partial charge in [-0.1, -0.05) is 11.6 Å². The summed E-state index contributed by atoms with van der Waals surface area (Å²) in [6.07, 6.45) is 2.02. The fraction of sp³-hybridized carbons (Fsp3) is 0.278. The van der Waals surface area contributed by atoms with Crippen molar-refractivity contribution in [2.24, 2.45) is 0 Å². The van der Waals surface area contributed by atoms with Crippen molar-refractivity contribution in [2.45, 2.75) is 24.2 Å². The predicted molar refractivity (Wildman–Crippen MR) is 98.7 cm³/mol. The number of halogens is 1. The number of hydrogen-bond acceptors (Lipinski definition) is 5. The fourth-order valence-electron chi connectivity index (χ4n) is 3.37. The SMILES string of the molecule is O=C(O)c1cc2c(c(S(=O)(=O)Nc3cc4c(cc3Cl)OCCO4)c1)CCC2. The number of carbonyl (C=O) groups is 1. The van der Waals surface area contributed by atoms with Crippen molar-refractivity contribution >= 4 is 33.3 Å². The van der Waals surface area contributed by atoms with Gasteiger partial charge in [0.1, 0.15) is 13.2 Å². The molecular formula is C18H16ClNO6S. The third-order valence-corrected chi connectivity index (χ3v) is 6.33. The number of nitrogens with one attached hydrogen (secondary N) is 1. The predicted octanol–water partition coefficient (Wildman–Crippen LogP) is 3.10. The van der Waals surface area contributed by atoms with Gasteiger partial charge in [-0.2, -0.15) is 0 Å². The van der Waals surface area contributed by atoms with Crippen LogP contribution in [0, 0.1) is 0 Å². The monoisotopic (exact) mass is 409 g/mol. The molecule has 0 unspecified atom stereocenters. The topological polar surface area (TPSA) is 102 Å². The van der Waals surface area contributed by atoms with Crippen molar-refractivity contribution in [2.75, 3.05) is 17.9 Å². The standard InChI is InChI=1S/C18H16ClNO6S/c19-13-8-15-16(26-5-4-25-15)9-14(13)20-27(23,24)17-7-11(18(21)22)6-10-2-1-3-12(10)17/h6-9,20H,1-5H2,(H,21,22). The number of anilines is 1. The van der Waals surface area contributed by atoms with Crippen molar-refractivity contribution in [3.8, 4) is 11.5 Å². The Morgan fingerprint density at radius 1 is 1.07 bits per heavy atom. The molecule has 1 aliphatic heterocycles. The lowest BCUT2D eigenvalue weighted by molar-refractivity contribution is 0.0696. The van der Waals surface area contributed by atoms with E-state index in [0.29, 0.717) is 43.1 Å². The molecule has 2 aromatic carbocycles. The molecule has 0 amide bonds. The fourth-order valence-corrected chi connectivity index (χ4v) is 5.04. The smallest absolute Gasteiger partial charge is 0.335 e. The molecule has 0 atom stereocenters. The van der Waals surface area contributed by atoms with Crippen LogP contribution < -0.4 is 14.2 Å². The summed E-state index contributed by atoms with van der Waals surface area (Å²) in [7, 11) is -4.04. The zero-order valence-corrected chi connectivity index (χ0v) is 15.7. The molecule has 0 saturated carbocycles. The number of carboxylic acid groups (broad SMARTS) is 1. The number of aryl methyl sites for hydroxylation is 1. The maximum atomic E-state index is 13.0. The Morgan fingerprint density at radius 3 is 2.48 bits per heavy atom. The van der Waals surface area contributed by atoms with Gasteiger partial charge in [0.15, 0.2) is 11.5 Å². The van der Waals surface area contributed by atoms with E-state index in [-0.39, 0.29) is 21.2 Å². The van der Waals surface area contributed by atoms with Gasteiger partial charge in [-0.3, -0.25) is 4.72 Å². The molecule has 0 radical (unpaired) electrons. The molecule has 9 heteroatoms. The van der Waals surface area contributed by atoms with E-state index in [1.807, 2.05) is 0 Å². The van der Waals surface area contributed by atoms with E-state index >= 15 is 0 Å². The van der Waals surface area contributed by atoms with Crippen LogP contribution in [0.3, 0.4) is 0 Å². The lowest BCUT2D eigenvalue weighted by Crippen LogP contribution is -2.18. The molecule has 1 aliphatic carbocycles. The van der Waals surface area contributed by atoms with E-state index in [1.165, 1.54) is 18.2 Å². The lowest BCUT2D eigenvalue weighted by atomic mass is 10.1. The van der Waals surface area contributed by atoms with Crippen molar-refractivity contribution in [1.29, 1.82) is 0 Å². The van der Waals surface area contributed by atoms with Crippen LogP contribution >= 0.6 is 11.6 Å². The first-order chi connectivity index (χ1) is 12.8. The van der Waals surface area contributed by atoms with Crippen LogP contribution in [-0.4, -0.2) is 32.7 Å². The van der Waals surface area contributed by atoms with Crippen molar-refractivity contribution in [3.63, 3.8) is 0 Å². The van der Waals surface area contributed by atoms with Crippen molar-refractivity contribution in [1.82, 2.24) is 0 Å². The van der Waals surface area contributed by atoms with E-state index in [4.69, 9.17) is 21.1 Å². The van der Waals surface area contributed by atoms with E-state index < -0.39 is 16.0 Å². The second-order valence-electron chi connectivity index (χ2n) is 6.35. The summed E-state index contributed by atoms with van der Waals surface area (Å²) in [5.74, 6) is -0.325. The highest BCUT2D eigenvalue weighted by Gasteiger charge is 2.27. The summed E-state index contributed by atoms with van der Waals surface area (Å²) in [6, 6.07) is 5.70. The number of rotatable bonds is 4. The average Bonchev–Trinajstić information content (AvgIpc) is 3.09. The number of ether oxygens (including phenoxy) is 2. The van der Waals surface area contributed by atoms with Crippen molar-refractivity contribution in [3.05, 3.63) is 46.0 Å². The quantitative estimate of drug-likeness (QED) is 0.804. The number of fused-ring (bicyclic) bond motifs is 2. The van der Waals surface area contributed by atoms with Gasteiger partial charge in [-0.15, -0.1) is 0 Å². The highest BCUT2D eigenvalue weighted by Crippen LogP contribution is 2.39. The van der Waals surface area contributed by atoms with Gasteiger partial charge >= 0.3 is 5.97 Å². The summed E-state index contributed by atoms with van der Waals surface area (Å²) in [5, 5.41) is 9.47. The number of benzene rings is 2. The van der Waals surface area contributed by atoms with E-state index in [1.54, 1.807) is 6.07 Å². The van der Waals surface area contributed by atoms with Gasteiger partial charge in [0.05, 0.1) is 21.2 Å². The summed E-state index contributed by atoms with van der Waals surface area (Å²) in [5.41, 5.74) is 1.50. The lowest BCUT2D eigenvalue weighted by Gasteiger charge is -2.20. The van der Waals surface area contributed by atoms with Gasteiger partial charge in [-0.25, -0.2) is 13.2 Å². The largest absolute Gasteiger partial charge is 0.486 e. The molecule has 1 heterocycles. The Hall–Kier alpha value is -2.45. The molecule has 142 valence electrons. The minimum absolute atomic E-state index is 0.0270. The minimum Gasteiger partial charge on any atom is -0.486 e. The average molecular weight is 410 g/mol. The molecule has 4 rings (SSSR count). The van der Waals surface area contributed by atoms with Crippen LogP contribution in [0.25, 0.3) is 0 Å². The van der Waals surface area contributed by atoms with Crippen LogP contribution in [0.4, 0.5) is 5.69 Å². The minimum atomic E-state index is -4.04. The van der Waals surface area contributed by atoms with Crippen molar-refractivity contribution < 1.29 is 27.8 Å². The summed E-state index contributed by atoms with van der Waals surface area (Å²) < 4.78 is 39.4. The Kier molecular flexibility index (Phi) is 4.39.